The van der Waals surface area contributed by atoms with Crippen molar-refractivity contribution in [2.75, 3.05) is 47.4 Å². The number of rotatable bonds is 5. The zero-order valence-corrected chi connectivity index (χ0v) is 11.2. The topological polar surface area (TPSA) is 44.8 Å². The number of likely N-dealkylation sites (tertiary alicyclic amines) is 1. The Labute approximate surface area is 104 Å². The van der Waals surface area contributed by atoms with Crippen molar-refractivity contribution in [1.29, 1.82) is 0 Å². The summed E-state index contributed by atoms with van der Waals surface area (Å²) >= 11 is 0. The summed E-state index contributed by atoms with van der Waals surface area (Å²) < 4.78 is 5.01. The molecule has 0 unspecified atom stereocenters. The Bertz CT molecular complexity index is 226. The molecule has 100 valence electrons. The van der Waals surface area contributed by atoms with Gasteiger partial charge in [-0.05, 0) is 25.8 Å². The van der Waals surface area contributed by atoms with Gasteiger partial charge >= 0.3 is 6.03 Å². The van der Waals surface area contributed by atoms with Gasteiger partial charge in [-0.15, -0.1) is 0 Å². The highest BCUT2D eigenvalue weighted by atomic mass is 16.5. The summed E-state index contributed by atoms with van der Waals surface area (Å²) in [5.74, 6) is 0. The van der Waals surface area contributed by atoms with Crippen molar-refractivity contribution in [2.45, 2.75) is 25.3 Å². The fourth-order valence-corrected chi connectivity index (χ4v) is 2.08. The molecule has 1 heterocycles. The Hall–Kier alpha value is -0.810. The van der Waals surface area contributed by atoms with Crippen molar-refractivity contribution in [3.8, 4) is 0 Å². The van der Waals surface area contributed by atoms with E-state index in [0.29, 0.717) is 6.04 Å². The van der Waals surface area contributed by atoms with Crippen molar-refractivity contribution >= 4 is 6.03 Å². The molecule has 0 aromatic heterocycles. The predicted molar refractivity (Wildman–Crippen MR) is 68.2 cm³/mol. The molecule has 2 amide bonds. The second-order valence-electron chi connectivity index (χ2n) is 4.74. The molecule has 1 aliphatic rings. The van der Waals surface area contributed by atoms with Gasteiger partial charge in [0.15, 0.2) is 0 Å². The van der Waals surface area contributed by atoms with E-state index >= 15 is 0 Å². The van der Waals surface area contributed by atoms with E-state index in [0.717, 1.165) is 45.5 Å². The van der Waals surface area contributed by atoms with Crippen LogP contribution in [-0.2, 0) is 4.74 Å². The second-order valence-corrected chi connectivity index (χ2v) is 4.74. The molecule has 0 aliphatic carbocycles. The van der Waals surface area contributed by atoms with Crippen molar-refractivity contribution in [3.63, 3.8) is 0 Å². The molecule has 1 rings (SSSR count). The molecule has 0 spiro atoms. The first-order chi connectivity index (χ1) is 8.15. The van der Waals surface area contributed by atoms with Gasteiger partial charge in [0.25, 0.3) is 0 Å². The van der Waals surface area contributed by atoms with Crippen LogP contribution in [0.1, 0.15) is 19.3 Å². The first-order valence-corrected chi connectivity index (χ1v) is 6.33. The number of hydrogen-bond donors (Lipinski definition) is 1. The number of carbonyl (C=O) groups excluding carboxylic acids is 1. The third kappa shape index (κ3) is 4.91. The van der Waals surface area contributed by atoms with E-state index < -0.39 is 0 Å². The molecule has 1 aliphatic heterocycles. The van der Waals surface area contributed by atoms with Crippen LogP contribution in [-0.4, -0.2) is 69.3 Å². The molecule has 0 bridgehead atoms. The van der Waals surface area contributed by atoms with Crippen LogP contribution in [0.5, 0.6) is 0 Å². The lowest BCUT2D eigenvalue weighted by atomic mass is 10.1. The second kappa shape index (κ2) is 7.50. The molecule has 5 heteroatoms. The zero-order chi connectivity index (χ0) is 12.7. The molecule has 0 aromatic carbocycles. The summed E-state index contributed by atoms with van der Waals surface area (Å²) in [5.41, 5.74) is 0. The van der Waals surface area contributed by atoms with E-state index in [4.69, 9.17) is 4.74 Å². The van der Waals surface area contributed by atoms with Crippen LogP contribution < -0.4 is 5.32 Å². The van der Waals surface area contributed by atoms with E-state index in [9.17, 15) is 4.79 Å². The van der Waals surface area contributed by atoms with Crippen LogP contribution in [0.15, 0.2) is 0 Å². The monoisotopic (exact) mass is 243 g/mol. The zero-order valence-electron chi connectivity index (χ0n) is 11.2. The molecule has 0 aromatic rings. The summed E-state index contributed by atoms with van der Waals surface area (Å²) in [6.45, 7) is 3.53. The minimum atomic E-state index is 0.128. The number of piperidine rings is 1. The van der Waals surface area contributed by atoms with E-state index in [1.165, 1.54) is 0 Å². The van der Waals surface area contributed by atoms with Crippen LogP contribution in [0.4, 0.5) is 4.79 Å². The van der Waals surface area contributed by atoms with Gasteiger partial charge in [0, 0.05) is 46.9 Å². The Morgan fingerprint density at radius 1 is 1.41 bits per heavy atom. The van der Waals surface area contributed by atoms with Crippen molar-refractivity contribution in [2.24, 2.45) is 0 Å². The smallest absolute Gasteiger partial charge is 0.319 e. The largest absolute Gasteiger partial charge is 0.385 e. The number of nitrogens with zero attached hydrogens (tertiary/aromatic N) is 2. The van der Waals surface area contributed by atoms with Crippen molar-refractivity contribution in [3.05, 3.63) is 0 Å². The van der Waals surface area contributed by atoms with E-state index in [1.807, 2.05) is 4.90 Å². The summed E-state index contributed by atoms with van der Waals surface area (Å²) in [6, 6.07) is 0.681. The lowest BCUT2D eigenvalue weighted by Crippen LogP contribution is -2.48. The van der Waals surface area contributed by atoms with Crippen LogP contribution in [0.2, 0.25) is 0 Å². The Kier molecular flexibility index (Phi) is 6.29. The molecular formula is C12H25N3O2. The maximum atomic E-state index is 11.7. The quantitative estimate of drug-likeness (QED) is 0.725. The number of carbonyl (C=O) groups is 1. The SMILES string of the molecule is COCCCNC1CCN(C(=O)N(C)C)CC1. The molecule has 1 fully saturated rings. The number of ether oxygens (including phenoxy) is 1. The minimum Gasteiger partial charge on any atom is -0.385 e. The predicted octanol–water partition coefficient (Wildman–Crippen LogP) is 0.759. The third-order valence-electron chi connectivity index (χ3n) is 3.11. The van der Waals surface area contributed by atoms with Gasteiger partial charge in [-0.25, -0.2) is 4.79 Å². The first kappa shape index (κ1) is 14.3. The minimum absolute atomic E-state index is 0.128. The molecule has 0 atom stereocenters. The molecule has 0 saturated carbocycles. The summed E-state index contributed by atoms with van der Waals surface area (Å²) in [7, 11) is 5.33. The highest BCUT2D eigenvalue weighted by Crippen LogP contribution is 2.11. The van der Waals surface area contributed by atoms with Crippen molar-refractivity contribution in [1.82, 2.24) is 15.1 Å². The molecular weight excluding hydrogens is 218 g/mol. The van der Waals surface area contributed by atoms with Gasteiger partial charge in [0.1, 0.15) is 0 Å². The standard InChI is InChI=1S/C12H25N3O2/c1-14(2)12(16)15-8-5-11(6-9-15)13-7-4-10-17-3/h11,13H,4-10H2,1-3H3. The number of nitrogens with one attached hydrogen (secondary N) is 1. The van der Waals surface area contributed by atoms with Gasteiger partial charge in [0.2, 0.25) is 0 Å². The molecule has 1 saturated heterocycles. The average molecular weight is 243 g/mol. The Morgan fingerprint density at radius 3 is 2.59 bits per heavy atom. The van der Waals surface area contributed by atoms with Crippen LogP contribution in [0, 0.1) is 0 Å². The highest BCUT2D eigenvalue weighted by Gasteiger charge is 2.22. The Balaban J connectivity index is 2.15. The van der Waals surface area contributed by atoms with E-state index in [-0.39, 0.29) is 6.03 Å². The van der Waals surface area contributed by atoms with Gasteiger partial charge in [-0.3, -0.25) is 0 Å². The van der Waals surface area contributed by atoms with Gasteiger partial charge in [0.05, 0.1) is 0 Å². The molecule has 0 radical (unpaired) electrons. The number of methoxy groups -OCH3 is 1. The van der Waals surface area contributed by atoms with Crippen LogP contribution >= 0.6 is 0 Å². The lowest BCUT2D eigenvalue weighted by molar-refractivity contribution is 0.151. The molecule has 1 N–H and O–H groups in total. The van der Waals surface area contributed by atoms with Crippen LogP contribution in [0.3, 0.4) is 0 Å². The van der Waals surface area contributed by atoms with Gasteiger partial charge in [-0.1, -0.05) is 0 Å². The summed E-state index contributed by atoms with van der Waals surface area (Å²) in [6.07, 6.45) is 3.15. The molecule has 5 nitrogen and oxygen atoms in total. The maximum absolute atomic E-state index is 11.7. The van der Waals surface area contributed by atoms with Gasteiger partial charge in [-0.2, -0.15) is 0 Å². The van der Waals surface area contributed by atoms with Crippen molar-refractivity contribution < 1.29 is 9.53 Å². The molecule has 17 heavy (non-hydrogen) atoms. The summed E-state index contributed by atoms with van der Waals surface area (Å²) in [4.78, 5) is 15.3. The first-order valence-electron chi connectivity index (χ1n) is 6.33. The third-order valence-corrected chi connectivity index (χ3v) is 3.11. The summed E-state index contributed by atoms with van der Waals surface area (Å²) in [5, 5.41) is 3.51. The normalized spacial score (nSPS) is 17.2. The number of urea groups is 1. The number of hydrogen-bond acceptors (Lipinski definition) is 3. The fraction of sp³-hybridized carbons (Fsp3) is 0.917. The van der Waals surface area contributed by atoms with Crippen LogP contribution in [0.25, 0.3) is 0 Å². The Morgan fingerprint density at radius 2 is 2.06 bits per heavy atom. The van der Waals surface area contributed by atoms with Gasteiger partial charge < -0.3 is 19.9 Å². The highest BCUT2D eigenvalue weighted by molar-refractivity contribution is 5.73. The fourth-order valence-electron chi connectivity index (χ4n) is 2.08. The lowest BCUT2D eigenvalue weighted by Gasteiger charge is -2.34. The van der Waals surface area contributed by atoms with E-state index in [2.05, 4.69) is 5.32 Å². The van der Waals surface area contributed by atoms with E-state index in [1.54, 1.807) is 26.1 Å². The maximum Gasteiger partial charge on any atom is 0.319 e. The number of amides is 2. The average Bonchev–Trinajstić information content (AvgIpc) is 2.34.